The molecule has 0 bridgehead atoms. The molecule has 0 unspecified atom stereocenters. The van der Waals surface area contributed by atoms with Gasteiger partial charge < -0.3 is 18.9 Å². The Balaban J connectivity index is 1.45. The third-order valence-corrected chi connectivity index (χ3v) is 6.09. The second kappa shape index (κ2) is 16.5. The standard InChI is InChI=1S/C35H35FO7/c1-24(2)34(38)41-21-6-5-20-40-30-16-11-27(12-17-30)29-10-9-28(32(36)23-29)13-18-33(37)43-31-14-7-26(8-15-31)19-22-42-35(39)25(3)4/h7-18,23H,1,3,5-6,19-22H2,2,4H3. The summed E-state index contributed by atoms with van der Waals surface area (Å²) < 4.78 is 35.9. The van der Waals surface area contributed by atoms with Gasteiger partial charge >= 0.3 is 17.9 Å². The van der Waals surface area contributed by atoms with E-state index in [1.165, 1.54) is 18.2 Å². The molecule has 3 aromatic rings. The van der Waals surface area contributed by atoms with Crippen molar-refractivity contribution in [3.05, 3.63) is 114 Å². The van der Waals surface area contributed by atoms with Crippen LogP contribution in [0.2, 0.25) is 0 Å². The van der Waals surface area contributed by atoms with E-state index >= 15 is 0 Å². The minimum absolute atomic E-state index is 0.219. The number of ether oxygens (including phenoxy) is 4. The zero-order chi connectivity index (χ0) is 31.2. The Bertz CT molecular complexity index is 1470. The molecular formula is C35H35FO7. The van der Waals surface area contributed by atoms with Crippen molar-refractivity contribution in [2.75, 3.05) is 19.8 Å². The summed E-state index contributed by atoms with van der Waals surface area (Å²) in [6.07, 6.45) is 4.45. The molecule has 7 nitrogen and oxygen atoms in total. The quantitative estimate of drug-likeness (QED) is 0.0816. The van der Waals surface area contributed by atoms with Crippen molar-refractivity contribution in [3.63, 3.8) is 0 Å². The monoisotopic (exact) mass is 586 g/mol. The van der Waals surface area contributed by atoms with E-state index in [4.69, 9.17) is 18.9 Å². The molecule has 0 aliphatic rings. The third-order valence-electron chi connectivity index (χ3n) is 6.09. The van der Waals surface area contributed by atoms with Gasteiger partial charge in [0, 0.05) is 29.2 Å². The summed E-state index contributed by atoms with van der Waals surface area (Å²) >= 11 is 0. The maximum Gasteiger partial charge on any atom is 0.336 e. The predicted molar refractivity (Wildman–Crippen MR) is 163 cm³/mol. The van der Waals surface area contributed by atoms with E-state index in [1.54, 1.807) is 50.2 Å². The molecule has 0 amide bonds. The smallest absolute Gasteiger partial charge is 0.336 e. The van der Waals surface area contributed by atoms with E-state index in [2.05, 4.69) is 13.2 Å². The van der Waals surface area contributed by atoms with Gasteiger partial charge in [-0.05, 0) is 79.8 Å². The minimum Gasteiger partial charge on any atom is -0.494 e. The summed E-state index contributed by atoms with van der Waals surface area (Å²) in [5.41, 5.74) is 3.36. The molecule has 3 rings (SSSR count). The highest BCUT2D eigenvalue weighted by atomic mass is 19.1. The van der Waals surface area contributed by atoms with Gasteiger partial charge in [-0.15, -0.1) is 0 Å². The molecule has 0 spiro atoms. The van der Waals surface area contributed by atoms with Crippen molar-refractivity contribution in [2.24, 2.45) is 0 Å². The van der Waals surface area contributed by atoms with Gasteiger partial charge in [0.1, 0.15) is 17.3 Å². The molecule has 0 aromatic heterocycles. The molecule has 8 heteroatoms. The second-order valence-electron chi connectivity index (χ2n) is 9.80. The number of benzene rings is 3. The van der Waals surface area contributed by atoms with Crippen LogP contribution < -0.4 is 9.47 Å². The molecular weight excluding hydrogens is 551 g/mol. The SMILES string of the molecule is C=C(C)C(=O)OCCCCOc1ccc(-c2ccc(C=CC(=O)Oc3ccc(CCOC(=O)C(=C)C)cc3)c(F)c2)cc1. The first-order valence-electron chi connectivity index (χ1n) is 13.8. The fourth-order valence-corrected chi connectivity index (χ4v) is 3.68. The van der Waals surface area contributed by atoms with Gasteiger partial charge in [0.2, 0.25) is 0 Å². The number of esters is 3. The van der Waals surface area contributed by atoms with Crippen LogP contribution in [0.25, 0.3) is 17.2 Å². The normalized spacial score (nSPS) is 10.7. The molecule has 0 saturated carbocycles. The van der Waals surface area contributed by atoms with Gasteiger partial charge in [-0.25, -0.2) is 18.8 Å². The molecule has 0 aliphatic heterocycles. The lowest BCUT2D eigenvalue weighted by Crippen LogP contribution is -2.08. The van der Waals surface area contributed by atoms with E-state index in [-0.39, 0.29) is 12.2 Å². The van der Waals surface area contributed by atoms with Gasteiger partial charge in [0.25, 0.3) is 0 Å². The van der Waals surface area contributed by atoms with Crippen LogP contribution in [0.3, 0.4) is 0 Å². The molecule has 0 atom stereocenters. The average molecular weight is 587 g/mol. The summed E-state index contributed by atoms with van der Waals surface area (Å²) in [7, 11) is 0. The van der Waals surface area contributed by atoms with Gasteiger partial charge in [-0.1, -0.05) is 49.6 Å². The summed E-state index contributed by atoms with van der Waals surface area (Å²) in [4.78, 5) is 35.1. The van der Waals surface area contributed by atoms with Crippen LogP contribution in [-0.2, 0) is 30.3 Å². The number of rotatable bonds is 15. The summed E-state index contributed by atoms with van der Waals surface area (Å²) in [5.74, 6) is -0.934. The van der Waals surface area contributed by atoms with Crippen LogP contribution in [-0.4, -0.2) is 37.7 Å². The first-order valence-corrected chi connectivity index (χ1v) is 13.8. The molecule has 0 N–H and O–H groups in total. The summed E-state index contributed by atoms with van der Waals surface area (Å²) in [5, 5.41) is 0. The van der Waals surface area contributed by atoms with Crippen molar-refractivity contribution in [2.45, 2.75) is 33.1 Å². The molecule has 0 saturated heterocycles. The molecule has 224 valence electrons. The number of hydrogen-bond donors (Lipinski definition) is 0. The third kappa shape index (κ3) is 11.1. The fraction of sp³-hybridized carbons (Fsp3) is 0.229. The molecule has 0 heterocycles. The van der Waals surface area contributed by atoms with Crippen molar-refractivity contribution in [1.29, 1.82) is 0 Å². The van der Waals surface area contributed by atoms with Gasteiger partial charge in [0.05, 0.1) is 19.8 Å². The van der Waals surface area contributed by atoms with Crippen LogP contribution in [0.15, 0.2) is 97.1 Å². The highest BCUT2D eigenvalue weighted by Crippen LogP contribution is 2.25. The summed E-state index contributed by atoms with van der Waals surface area (Å²) in [6.45, 7) is 11.3. The maximum absolute atomic E-state index is 14.8. The van der Waals surface area contributed by atoms with Crippen molar-refractivity contribution in [1.82, 2.24) is 0 Å². The van der Waals surface area contributed by atoms with E-state index in [0.29, 0.717) is 54.3 Å². The zero-order valence-electron chi connectivity index (χ0n) is 24.4. The minimum atomic E-state index is -0.643. The lowest BCUT2D eigenvalue weighted by molar-refractivity contribution is -0.139. The van der Waals surface area contributed by atoms with E-state index in [1.807, 2.05) is 24.3 Å². The van der Waals surface area contributed by atoms with E-state index in [9.17, 15) is 18.8 Å². The Morgan fingerprint density at radius 2 is 1.33 bits per heavy atom. The number of carbonyl (C=O) groups is 3. The van der Waals surface area contributed by atoms with Crippen LogP contribution in [0, 0.1) is 5.82 Å². The van der Waals surface area contributed by atoms with E-state index in [0.717, 1.165) is 17.5 Å². The Kier molecular flexibility index (Phi) is 12.5. The Morgan fingerprint density at radius 3 is 1.95 bits per heavy atom. The lowest BCUT2D eigenvalue weighted by atomic mass is 10.0. The average Bonchev–Trinajstić information content (AvgIpc) is 2.99. The van der Waals surface area contributed by atoms with Crippen LogP contribution >= 0.6 is 0 Å². The molecule has 3 aromatic carbocycles. The van der Waals surface area contributed by atoms with E-state index < -0.39 is 23.7 Å². The topological polar surface area (TPSA) is 88.1 Å². The van der Waals surface area contributed by atoms with Crippen LogP contribution in [0.5, 0.6) is 11.5 Å². The van der Waals surface area contributed by atoms with Gasteiger partial charge in [0.15, 0.2) is 0 Å². The summed E-state index contributed by atoms with van der Waals surface area (Å²) in [6, 6.07) is 18.9. The van der Waals surface area contributed by atoms with Crippen LogP contribution in [0.4, 0.5) is 4.39 Å². The van der Waals surface area contributed by atoms with Crippen molar-refractivity contribution in [3.8, 4) is 22.6 Å². The van der Waals surface area contributed by atoms with Crippen molar-refractivity contribution >= 4 is 24.0 Å². The lowest BCUT2D eigenvalue weighted by Gasteiger charge is -2.09. The van der Waals surface area contributed by atoms with Crippen LogP contribution in [0.1, 0.15) is 37.8 Å². The predicted octanol–water partition coefficient (Wildman–Crippen LogP) is 7.05. The fourth-order valence-electron chi connectivity index (χ4n) is 3.68. The first-order chi connectivity index (χ1) is 20.6. The Morgan fingerprint density at radius 1 is 0.744 bits per heavy atom. The molecule has 0 radical (unpaired) electrons. The zero-order valence-corrected chi connectivity index (χ0v) is 24.4. The highest BCUT2D eigenvalue weighted by Gasteiger charge is 2.08. The van der Waals surface area contributed by atoms with Gasteiger partial charge in [-0.2, -0.15) is 0 Å². The molecule has 0 aliphatic carbocycles. The number of hydrogen-bond acceptors (Lipinski definition) is 7. The first kappa shape index (κ1) is 32.5. The Labute approximate surface area is 251 Å². The highest BCUT2D eigenvalue weighted by molar-refractivity contribution is 5.89. The Hall–Kier alpha value is -4.98. The molecule has 0 fully saturated rings. The number of halogens is 1. The number of unbranched alkanes of at least 4 members (excludes halogenated alkanes) is 1. The van der Waals surface area contributed by atoms with Gasteiger partial charge in [-0.3, -0.25) is 0 Å². The molecule has 43 heavy (non-hydrogen) atoms. The second-order valence-corrected chi connectivity index (χ2v) is 9.80. The van der Waals surface area contributed by atoms with Crippen molar-refractivity contribution < 1.29 is 37.7 Å². The largest absolute Gasteiger partial charge is 0.494 e. The maximum atomic E-state index is 14.8. The number of carbonyl (C=O) groups excluding carboxylic acids is 3.